The van der Waals surface area contributed by atoms with E-state index in [4.69, 9.17) is 0 Å². The molecule has 1 atom stereocenters. The zero-order chi connectivity index (χ0) is 15.0. The third-order valence-corrected chi connectivity index (χ3v) is 4.11. The summed E-state index contributed by atoms with van der Waals surface area (Å²) in [6, 6.07) is -1.40. The maximum absolute atomic E-state index is 12.3. The van der Waals surface area contributed by atoms with Crippen molar-refractivity contribution in [2.45, 2.75) is 25.9 Å². The number of thiazole rings is 1. The first kappa shape index (κ1) is 13.6. The number of nitrogens with zero attached hydrogens (tertiary/aromatic N) is 3. The third-order valence-electron chi connectivity index (χ3n) is 3.28. The summed E-state index contributed by atoms with van der Waals surface area (Å²) in [6.07, 6.45) is 3.35. The van der Waals surface area contributed by atoms with Gasteiger partial charge in [0.05, 0.1) is 24.3 Å². The first-order valence-corrected chi connectivity index (χ1v) is 7.10. The summed E-state index contributed by atoms with van der Waals surface area (Å²) < 4.78 is 0. The number of carbonyl (C=O) groups is 2. The van der Waals surface area contributed by atoms with E-state index in [0.717, 1.165) is 10.6 Å². The molecule has 0 saturated heterocycles. The molecule has 0 saturated carbocycles. The lowest BCUT2D eigenvalue weighted by Crippen LogP contribution is -2.50. The summed E-state index contributed by atoms with van der Waals surface area (Å²) >= 11 is 1.34. The van der Waals surface area contributed by atoms with Crippen LogP contribution < -0.4 is 5.32 Å². The van der Waals surface area contributed by atoms with Crippen molar-refractivity contribution < 1.29 is 14.7 Å². The highest BCUT2D eigenvalue weighted by Gasteiger charge is 2.36. The summed E-state index contributed by atoms with van der Waals surface area (Å²) in [5.74, 6) is -1.05. The number of aliphatic carboxylic acids is 1. The number of aromatic amines is 1. The highest BCUT2D eigenvalue weighted by molar-refractivity contribution is 7.15. The molecule has 9 heteroatoms. The fraction of sp³-hybridized carbons (Fsp3) is 0.333. The van der Waals surface area contributed by atoms with Crippen LogP contribution >= 0.6 is 11.3 Å². The van der Waals surface area contributed by atoms with Gasteiger partial charge < -0.3 is 15.0 Å². The number of imidazole rings is 1. The number of aromatic nitrogens is 3. The number of amides is 2. The lowest BCUT2D eigenvalue weighted by Gasteiger charge is -2.31. The topological polar surface area (TPSA) is 111 Å². The minimum absolute atomic E-state index is 0.183. The highest BCUT2D eigenvalue weighted by Crippen LogP contribution is 2.23. The minimum atomic E-state index is -1.05. The number of hydrogen-bond acceptors (Lipinski definition) is 5. The van der Waals surface area contributed by atoms with E-state index >= 15 is 0 Å². The van der Waals surface area contributed by atoms with Crippen molar-refractivity contribution in [2.24, 2.45) is 0 Å². The van der Waals surface area contributed by atoms with E-state index in [1.54, 1.807) is 6.20 Å². The first-order valence-electron chi connectivity index (χ1n) is 6.28. The summed E-state index contributed by atoms with van der Waals surface area (Å²) in [7, 11) is 0. The number of carbonyl (C=O) groups excluding carboxylic acids is 1. The zero-order valence-electron chi connectivity index (χ0n) is 11.2. The van der Waals surface area contributed by atoms with Crippen molar-refractivity contribution >= 4 is 28.5 Å². The summed E-state index contributed by atoms with van der Waals surface area (Å²) in [6.45, 7) is 2.06. The molecular formula is C12H13N5O3S. The first-order chi connectivity index (χ1) is 10.0. The maximum atomic E-state index is 12.3. The van der Waals surface area contributed by atoms with Crippen molar-refractivity contribution in [3.8, 4) is 0 Å². The fourth-order valence-corrected chi connectivity index (χ4v) is 2.90. The van der Waals surface area contributed by atoms with Crippen molar-refractivity contribution in [1.82, 2.24) is 19.9 Å². The van der Waals surface area contributed by atoms with Crippen molar-refractivity contribution in [3.63, 3.8) is 0 Å². The lowest BCUT2D eigenvalue weighted by atomic mass is 10.0. The van der Waals surface area contributed by atoms with E-state index in [0.29, 0.717) is 10.8 Å². The Labute approximate surface area is 123 Å². The van der Waals surface area contributed by atoms with E-state index in [2.05, 4.69) is 20.3 Å². The Morgan fingerprint density at radius 1 is 1.52 bits per heavy atom. The van der Waals surface area contributed by atoms with Gasteiger partial charge in [0.2, 0.25) is 0 Å². The molecule has 1 aliphatic rings. The molecule has 1 unspecified atom stereocenters. The average molecular weight is 307 g/mol. The zero-order valence-corrected chi connectivity index (χ0v) is 12.0. The van der Waals surface area contributed by atoms with Crippen LogP contribution in [0.2, 0.25) is 0 Å². The normalized spacial score (nSPS) is 17.4. The molecule has 3 rings (SSSR count). The van der Waals surface area contributed by atoms with Gasteiger partial charge in [-0.15, -0.1) is 11.3 Å². The van der Waals surface area contributed by atoms with E-state index < -0.39 is 18.0 Å². The molecule has 0 radical (unpaired) electrons. The number of hydrogen-bond donors (Lipinski definition) is 3. The van der Waals surface area contributed by atoms with Gasteiger partial charge in [-0.25, -0.2) is 19.6 Å². The maximum Gasteiger partial charge on any atom is 0.326 e. The summed E-state index contributed by atoms with van der Waals surface area (Å²) in [4.78, 5) is 37.0. The largest absolute Gasteiger partial charge is 0.480 e. The number of fused-ring (bicyclic) bond motifs is 1. The van der Waals surface area contributed by atoms with Crippen molar-refractivity contribution in [3.05, 3.63) is 28.8 Å². The van der Waals surface area contributed by atoms with Crippen LogP contribution in [0.3, 0.4) is 0 Å². The van der Waals surface area contributed by atoms with E-state index in [9.17, 15) is 14.7 Å². The Kier molecular flexibility index (Phi) is 3.34. The second kappa shape index (κ2) is 5.17. The van der Waals surface area contributed by atoms with Crippen molar-refractivity contribution in [1.29, 1.82) is 0 Å². The number of H-pyrrole nitrogens is 1. The van der Waals surface area contributed by atoms with Crippen molar-refractivity contribution in [2.75, 3.05) is 5.32 Å². The molecule has 0 fully saturated rings. The van der Waals surface area contributed by atoms with Crippen LogP contribution in [0.5, 0.6) is 0 Å². The number of rotatable bonds is 2. The Hall–Kier alpha value is -2.42. The lowest BCUT2D eigenvalue weighted by molar-refractivity contribution is -0.142. The number of nitrogens with one attached hydrogen (secondary N) is 2. The molecule has 3 heterocycles. The highest BCUT2D eigenvalue weighted by atomic mass is 32.1. The van der Waals surface area contributed by atoms with E-state index in [1.807, 2.05) is 6.92 Å². The van der Waals surface area contributed by atoms with Gasteiger partial charge in [-0.2, -0.15) is 0 Å². The number of urea groups is 1. The predicted molar refractivity (Wildman–Crippen MR) is 75.1 cm³/mol. The SMILES string of the molecule is Cc1cnc(NC(=O)N2Cc3[nH]cnc3CC2C(=O)O)s1. The van der Waals surface area contributed by atoms with Gasteiger partial charge in [0.15, 0.2) is 5.13 Å². The van der Waals surface area contributed by atoms with Crippen LogP contribution in [0.1, 0.15) is 16.3 Å². The second-order valence-electron chi connectivity index (χ2n) is 4.72. The number of aryl methyl sites for hydroxylation is 1. The van der Waals surface area contributed by atoms with Gasteiger partial charge in [-0.05, 0) is 6.92 Å². The monoisotopic (exact) mass is 307 g/mol. The van der Waals surface area contributed by atoms with Gasteiger partial charge >= 0.3 is 12.0 Å². The van der Waals surface area contributed by atoms with Crippen LogP contribution in [0.15, 0.2) is 12.5 Å². The molecule has 21 heavy (non-hydrogen) atoms. The standard InChI is InChI=1S/C12H13N5O3S/c1-6-3-13-11(21-6)16-12(20)17-4-8-7(14-5-15-8)2-9(17)10(18)19/h3,5,9H,2,4H2,1H3,(H,14,15)(H,18,19)(H,13,16,20). The van der Waals surface area contributed by atoms with Gasteiger partial charge in [0, 0.05) is 17.5 Å². The average Bonchev–Trinajstić information content (AvgIpc) is 3.05. The number of carboxylic acids is 1. The Bertz CT molecular complexity index is 695. The fourth-order valence-electron chi connectivity index (χ4n) is 2.25. The van der Waals surface area contributed by atoms with Crippen LogP contribution in [-0.2, 0) is 17.8 Å². The van der Waals surface area contributed by atoms with Gasteiger partial charge in [0.1, 0.15) is 6.04 Å². The molecule has 3 N–H and O–H groups in total. The molecule has 0 aliphatic carbocycles. The van der Waals surface area contributed by atoms with Crippen LogP contribution in [0, 0.1) is 6.92 Å². The molecular weight excluding hydrogens is 294 g/mol. The number of carboxylic acid groups (broad SMARTS) is 1. The molecule has 2 amide bonds. The molecule has 0 bridgehead atoms. The molecule has 0 spiro atoms. The predicted octanol–water partition coefficient (Wildman–Crippen LogP) is 1.22. The van der Waals surface area contributed by atoms with Crippen LogP contribution in [-0.4, -0.2) is 43.0 Å². The smallest absolute Gasteiger partial charge is 0.326 e. The van der Waals surface area contributed by atoms with E-state index in [1.165, 1.54) is 22.6 Å². The minimum Gasteiger partial charge on any atom is -0.480 e. The third kappa shape index (κ3) is 2.59. The molecule has 110 valence electrons. The number of anilines is 1. The Morgan fingerprint density at radius 2 is 2.33 bits per heavy atom. The van der Waals surface area contributed by atoms with Gasteiger partial charge in [-0.3, -0.25) is 5.32 Å². The quantitative estimate of drug-likeness (QED) is 0.772. The van der Waals surface area contributed by atoms with E-state index in [-0.39, 0.29) is 13.0 Å². The summed E-state index contributed by atoms with van der Waals surface area (Å²) in [5, 5.41) is 12.4. The molecule has 2 aromatic heterocycles. The molecule has 0 aromatic carbocycles. The molecule has 8 nitrogen and oxygen atoms in total. The Morgan fingerprint density at radius 3 is 3.00 bits per heavy atom. The summed E-state index contributed by atoms with van der Waals surface area (Å²) in [5.41, 5.74) is 1.45. The molecule has 1 aliphatic heterocycles. The van der Waals surface area contributed by atoms with Crippen LogP contribution in [0.25, 0.3) is 0 Å². The van der Waals surface area contributed by atoms with Crippen LogP contribution in [0.4, 0.5) is 9.93 Å². The second-order valence-corrected chi connectivity index (χ2v) is 5.95. The van der Waals surface area contributed by atoms with Gasteiger partial charge in [-0.1, -0.05) is 0 Å². The van der Waals surface area contributed by atoms with Gasteiger partial charge in [0.25, 0.3) is 0 Å². The molecule has 2 aromatic rings. The Balaban J connectivity index is 1.81.